The molecule has 2 heterocycles. The van der Waals surface area contributed by atoms with Gasteiger partial charge in [-0.3, -0.25) is 9.58 Å². The van der Waals surface area contributed by atoms with Crippen molar-refractivity contribution in [3.05, 3.63) is 52.3 Å². The largest absolute Gasteiger partial charge is 0.314 e. The molecule has 3 rings (SSSR count). The summed E-state index contributed by atoms with van der Waals surface area (Å²) in [7, 11) is 0. The monoisotopic (exact) mass is 368 g/mol. The molecule has 1 fully saturated rings. The summed E-state index contributed by atoms with van der Waals surface area (Å²) in [5, 5.41) is 8.94. The van der Waals surface area contributed by atoms with Gasteiger partial charge in [0.15, 0.2) is 0 Å². The summed E-state index contributed by atoms with van der Waals surface area (Å²) in [6.45, 7) is 10.4. The molecule has 1 saturated heterocycles. The standard InChI is InChI=1S/C18H25ClN4.ClH/c1-13(2)23-12-16(14(3)21-23)11-22-8-7-20-10-18(22)15-5-4-6-17(19)9-15;/h4-6,9,12-13,18,20H,7-8,10-11H2,1-3H3;1H. The number of aromatic nitrogens is 2. The Kier molecular flexibility index (Phi) is 6.70. The number of benzene rings is 1. The van der Waals surface area contributed by atoms with Crippen molar-refractivity contribution < 1.29 is 0 Å². The van der Waals surface area contributed by atoms with Crippen molar-refractivity contribution in [1.29, 1.82) is 0 Å². The van der Waals surface area contributed by atoms with Crippen molar-refractivity contribution in [3.63, 3.8) is 0 Å². The Balaban J connectivity index is 0.00000208. The second kappa shape index (κ2) is 8.34. The first kappa shape index (κ1) is 19.3. The van der Waals surface area contributed by atoms with Crippen LogP contribution in [0, 0.1) is 6.92 Å². The summed E-state index contributed by atoms with van der Waals surface area (Å²) < 4.78 is 2.06. The van der Waals surface area contributed by atoms with Gasteiger partial charge in [-0.05, 0) is 38.5 Å². The zero-order valence-corrected chi connectivity index (χ0v) is 16.1. The first-order chi connectivity index (χ1) is 11.0. The van der Waals surface area contributed by atoms with Crippen LogP contribution in [0.5, 0.6) is 0 Å². The molecule has 1 aromatic heterocycles. The van der Waals surface area contributed by atoms with Crippen molar-refractivity contribution in [1.82, 2.24) is 20.0 Å². The minimum absolute atomic E-state index is 0. The smallest absolute Gasteiger partial charge is 0.0638 e. The number of piperazine rings is 1. The first-order valence-electron chi connectivity index (χ1n) is 8.29. The lowest BCUT2D eigenvalue weighted by Gasteiger charge is -2.36. The van der Waals surface area contributed by atoms with Gasteiger partial charge in [0.1, 0.15) is 0 Å². The van der Waals surface area contributed by atoms with Gasteiger partial charge in [-0.1, -0.05) is 23.7 Å². The molecule has 1 aliphatic rings. The molecule has 24 heavy (non-hydrogen) atoms. The summed E-state index contributed by atoms with van der Waals surface area (Å²) in [5.74, 6) is 0. The van der Waals surface area contributed by atoms with E-state index < -0.39 is 0 Å². The molecule has 1 atom stereocenters. The number of halogens is 2. The SMILES string of the molecule is Cc1nn(C(C)C)cc1CN1CCNCC1c1cccc(Cl)c1.Cl. The number of aryl methyl sites for hydroxylation is 1. The molecule has 0 amide bonds. The minimum Gasteiger partial charge on any atom is -0.314 e. The molecule has 0 spiro atoms. The number of rotatable bonds is 4. The maximum atomic E-state index is 6.18. The van der Waals surface area contributed by atoms with Crippen molar-refractivity contribution in [2.75, 3.05) is 19.6 Å². The summed E-state index contributed by atoms with van der Waals surface area (Å²) in [5.41, 5.74) is 3.72. The van der Waals surface area contributed by atoms with Gasteiger partial charge in [-0.2, -0.15) is 5.10 Å². The molecular formula is C18H26Cl2N4. The lowest BCUT2D eigenvalue weighted by Crippen LogP contribution is -2.45. The Bertz CT molecular complexity index is 669. The predicted octanol–water partition coefficient (Wildman–Crippen LogP) is 3.99. The Hall–Kier alpha value is -1.07. The molecule has 0 radical (unpaired) electrons. The van der Waals surface area contributed by atoms with E-state index in [1.54, 1.807) is 0 Å². The van der Waals surface area contributed by atoms with Gasteiger partial charge in [-0.15, -0.1) is 12.4 Å². The second-order valence-electron chi connectivity index (χ2n) is 6.56. The highest BCUT2D eigenvalue weighted by atomic mass is 35.5. The Morgan fingerprint density at radius 3 is 2.83 bits per heavy atom. The highest BCUT2D eigenvalue weighted by molar-refractivity contribution is 6.30. The number of nitrogens with one attached hydrogen (secondary N) is 1. The molecule has 4 nitrogen and oxygen atoms in total. The van der Waals surface area contributed by atoms with E-state index in [9.17, 15) is 0 Å². The molecular weight excluding hydrogens is 343 g/mol. The fourth-order valence-corrected chi connectivity index (χ4v) is 3.33. The third-order valence-corrected chi connectivity index (χ3v) is 4.74. The number of nitrogens with zero attached hydrogens (tertiary/aromatic N) is 3. The third-order valence-electron chi connectivity index (χ3n) is 4.51. The van der Waals surface area contributed by atoms with Crippen LogP contribution >= 0.6 is 24.0 Å². The highest BCUT2D eigenvalue weighted by Crippen LogP contribution is 2.27. The second-order valence-corrected chi connectivity index (χ2v) is 7.00. The van der Waals surface area contributed by atoms with Gasteiger partial charge < -0.3 is 5.32 Å². The summed E-state index contributed by atoms with van der Waals surface area (Å²) in [4.78, 5) is 2.52. The van der Waals surface area contributed by atoms with Gasteiger partial charge in [0.2, 0.25) is 0 Å². The molecule has 6 heteroatoms. The summed E-state index contributed by atoms with van der Waals surface area (Å²) in [6, 6.07) is 8.96. The quantitative estimate of drug-likeness (QED) is 0.885. The Morgan fingerprint density at radius 2 is 2.17 bits per heavy atom. The maximum absolute atomic E-state index is 6.18. The van der Waals surface area contributed by atoms with Crippen LogP contribution in [0.3, 0.4) is 0 Å². The van der Waals surface area contributed by atoms with E-state index in [0.29, 0.717) is 12.1 Å². The van der Waals surface area contributed by atoms with E-state index in [1.807, 2.05) is 12.1 Å². The van der Waals surface area contributed by atoms with E-state index >= 15 is 0 Å². The van der Waals surface area contributed by atoms with Crippen molar-refractivity contribution in [3.8, 4) is 0 Å². The minimum atomic E-state index is 0. The molecule has 1 N–H and O–H groups in total. The third kappa shape index (κ3) is 4.31. The molecule has 1 aromatic carbocycles. The maximum Gasteiger partial charge on any atom is 0.0638 e. The van der Waals surface area contributed by atoms with Crippen LogP contribution in [0.15, 0.2) is 30.5 Å². The highest BCUT2D eigenvalue weighted by Gasteiger charge is 2.25. The van der Waals surface area contributed by atoms with Gasteiger partial charge in [0.25, 0.3) is 0 Å². The topological polar surface area (TPSA) is 33.1 Å². The van der Waals surface area contributed by atoms with E-state index in [1.165, 1.54) is 11.1 Å². The zero-order chi connectivity index (χ0) is 16.4. The lowest BCUT2D eigenvalue weighted by molar-refractivity contribution is 0.153. The molecule has 132 valence electrons. The predicted molar refractivity (Wildman–Crippen MR) is 102 cm³/mol. The van der Waals surface area contributed by atoms with E-state index in [2.05, 4.69) is 59.1 Å². The van der Waals surface area contributed by atoms with Crippen molar-refractivity contribution in [2.45, 2.75) is 39.4 Å². The Labute approximate surface area is 155 Å². The summed E-state index contributed by atoms with van der Waals surface area (Å²) in [6.07, 6.45) is 2.19. The number of hydrogen-bond acceptors (Lipinski definition) is 3. The average Bonchev–Trinajstić information content (AvgIpc) is 2.89. The van der Waals surface area contributed by atoms with Crippen LogP contribution in [0.1, 0.15) is 42.8 Å². The first-order valence-corrected chi connectivity index (χ1v) is 8.67. The normalized spacial score (nSPS) is 18.6. The van der Waals surface area contributed by atoms with Gasteiger partial charge in [0, 0.05) is 55.0 Å². The molecule has 0 aliphatic carbocycles. The van der Waals surface area contributed by atoms with Crippen LogP contribution in [-0.4, -0.2) is 34.3 Å². The summed E-state index contributed by atoms with van der Waals surface area (Å²) >= 11 is 6.18. The zero-order valence-electron chi connectivity index (χ0n) is 14.5. The van der Waals surface area contributed by atoms with Crippen LogP contribution in [0.25, 0.3) is 0 Å². The van der Waals surface area contributed by atoms with Crippen molar-refractivity contribution >= 4 is 24.0 Å². The van der Waals surface area contributed by atoms with E-state index in [-0.39, 0.29) is 12.4 Å². The molecule has 0 saturated carbocycles. The van der Waals surface area contributed by atoms with Crippen LogP contribution in [-0.2, 0) is 6.54 Å². The molecule has 1 aliphatic heterocycles. The fraction of sp³-hybridized carbons (Fsp3) is 0.500. The molecule has 2 aromatic rings. The van der Waals surface area contributed by atoms with Gasteiger partial charge >= 0.3 is 0 Å². The van der Waals surface area contributed by atoms with Crippen LogP contribution in [0.2, 0.25) is 5.02 Å². The molecule has 0 bridgehead atoms. The lowest BCUT2D eigenvalue weighted by atomic mass is 10.0. The van der Waals surface area contributed by atoms with Gasteiger partial charge in [-0.25, -0.2) is 0 Å². The fourth-order valence-electron chi connectivity index (χ4n) is 3.14. The van der Waals surface area contributed by atoms with Crippen molar-refractivity contribution in [2.24, 2.45) is 0 Å². The van der Waals surface area contributed by atoms with Crippen LogP contribution in [0.4, 0.5) is 0 Å². The average molecular weight is 369 g/mol. The van der Waals surface area contributed by atoms with E-state index in [0.717, 1.165) is 36.9 Å². The van der Waals surface area contributed by atoms with E-state index in [4.69, 9.17) is 11.6 Å². The number of hydrogen-bond donors (Lipinski definition) is 1. The van der Waals surface area contributed by atoms with Crippen LogP contribution < -0.4 is 5.32 Å². The molecule has 1 unspecified atom stereocenters. The Morgan fingerprint density at radius 1 is 1.38 bits per heavy atom. The van der Waals surface area contributed by atoms with Gasteiger partial charge in [0.05, 0.1) is 5.69 Å².